The number of rotatable bonds is 4. The second-order valence-electron chi connectivity index (χ2n) is 5.36. The smallest absolute Gasteiger partial charge is 0.362 e. The lowest BCUT2D eigenvalue weighted by Crippen LogP contribution is -2.36. The molecule has 1 atom stereocenters. The second kappa shape index (κ2) is 6.70. The summed E-state index contributed by atoms with van der Waals surface area (Å²) in [5.41, 5.74) is 0.493. The number of carbonyl (C=O) groups excluding carboxylic acids is 1. The lowest BCUT2D eigenvalue weighted by Gasteiger charge is -2.14. The third kappa shape index (κ3) is 3.29. The minimum atomic E-state index is -0.597. The number of urea groups is 1. The minimum absolute atomic E-state index is 0.0394. The van der Waals surface area contributed by atoms with E-state index in [1.165, 1.54) is 0 Å². The SMILES string of the molecule is CNc1c(NC(=O)NC[C@@H]2CCCO2)c(=O)oc2ccccc12. The maximum absolute atomic E-state index is 12.1. The first-order valence-corrected chi connectivity index (χ1v) is 7.59. The number of hydrogen-bond donors (Lipinski definition) is 3. The maximum atomic E-state index is 12.1. The van der Waals surface area contributed by atoms with Gasteiger partial charge in [-0.2, -0.15) is 0 Å². The van der Waals surface area contributed by atoms with Gasteiger partial charge in [-0.05, 0) is 25.0 Å². The normalized spacial score (nSPS) is 17.2. The van der Waals surface area contributed by atoms with Gasteiger partial charge < -0.3 is 19.8 Å². The Morgan fingerprint density at radius 1 is 1.30 bits per heavy atom. The molecule has 7 heteroatoms. The van der Waals surface area contributed by atoms with Gasteiger partial charge in [0.05, 0.1) is 11.8 Å². The molecule has 0 spiro atoms. The van der Waals surface area contributed by atoms with E-state index < -0.39 is 11.7 Å². The molecule has 2 amide bonds. The number of ether oxygens (including phenoxy) is 1. The van der Waals surface area contributed by atoms with Gasteiger partial charge in [-0.25, -0.2) is 9.59 Å². The summed E-state index contributed by atoms with van der Waals surface area (Å²) in [4.78, 5) is 24.2. The van der Waals surface area contributed by atoms with E-state index >= 15 is 0 Å². The molecule has 23 heavy (non-hydrogen) atoms. The predicted molar refractivity (Wildman–Crippen MR) is 88.0 cm³/mol. The Balaban J connectivity index is 1.79. The van der Waals surface area contributed by atoms with Gasteiger partial charge in [0.25, 0.3) is 0 Å². The number of anilines is 2. The molecule has 0 unspecified atom stereocenters. The first kappa shape index (κ1) is 15.4. The molecule has 3 rings (SSSR count). The molecular formula is C16H19N3O4. The summed E-state index contributed by atoms with van der Waals surface area (Å²) in [5, 5.41) is 8.97. The summed E-state index contributed by atoms with van der Waals surface area (Å²) in [5.74, 6) is 0. The van der Waals surface area contributed by atoms with E-state index in [1.54, 1.807) is 19.2 Å². The van der Waals surface area contributed by atoms with Crippen LogP contribution in [0.1, 0.15) is 12.8 Å². The number of hydrogen-bond acceptors (Lipinski definition) is 5. The van der Waals surface area contributed by atoms with Gasteiger partial charge in [-0.15, -0.1) is 0 Å². The van der Waals surface area contributed by atoms with Gasteiger partial charge in [0.1, 0.15) is 5.58 Å². The summed E-state index contributed by atoms with van der Waals surface area (Å²) in [7, 11) is 1.69. The first-order valence-electron chi connectivity index (χ1n) is 7.59. The fourth-order valence-corrected chi connectivity index (χ4v) is 2.69. The van der Waals surface area contributed by atoms with Crippen LogP contribution >= 0.6 is 0 Å². The van der Waals surface area contributed by atoms with Crippen molar-refractivity contribution in [2.45, 2.75) is 18.9 Å². The number of nitrogens with one attached hydrogen (secondary N) is 3. The van der Waals surface area contributed by atoms with Gasteiger partial charge in [0.2, 0.25) is 0 Å². The van der Waals surface area contributed by atoms with Gasteiger partial charge >= 0.3 is 11.7 Å². The van der Waals surface area contributed by atoms with E-state index in [2.05, 4.69) is 16.0 Å². The fourth-order valence-electron chi connectivity index (χ4n) is 2.69. The maximum Gasteiger partial charge on any atom is 0.362 e. The molecule has 1 aliphatic rings. The molecule has 0 aliphatic carbocycles. The van der Waals surface area contributed by atoms with E-state index in [9.17, 15) is 9.59 Å². The first-order chi connectivity index (χ1) is 11.2. The Bertz CT molecular complexity index is 765. The largest absolute Gasteiger partial charge is 0.421 e. The quantitative estimate of drug-likeness (QED) is 0.751. The van der Waals surface area contributed by atoms with Crippen LogP contribution in [0.2, 0.25) is 0 Å². The molecule has 122 valence electrons. The molecular weight excluding hydrogens is 298 g/mol. The number of benzene rings is 1. The summed E-state index contributed by atoms with van der Waals surface area (Å²) in [6.45, 7) is 1.14. The van der Waals surface area contributed by atoms with Crippen molar-refractivity contribution in [2.24, 2.45) is 0 Å². The van der Waals surface area contributed by atoms with Crippen LogP contribution in [0.15, 0.2) is 33.5 Å². The van der Waals surface area contributed by atoms with Crippen LogP contribution in [-0.4, -0.2) is 32.3 Å². The van der Waals surface area contributed by atoms with Crippen LogP contribution in [0.4, 0.5) is 16.2 Å². The molecule has 1 aromatic heterocycles. The van der Waals surface area contributed by atoms with E-state index in [4.69, 9.17) is 9.15 Å². The Hall–Kier alpha value is -2.54. The molecule has 1 fully saturated rings. The molecule has 1 aliphatic heterocycles. The van der Waals surface area contributed by atoms with Gasteiger partial charge in [0, 0.05) is 25.6 Å². The van der Waals surface area contributed by atoms with Crippen LogP contribution < -0.4 is 21.6 Å². The topological polar surface area (TPSA) is 92.6 Å². The predicted octanol–water partition coefficient (Wildman–Crippen LogP) is 2.14. The Morgan fingerprint density at radius 2 is 2.13 bits per heavy atom. The molecule has 0 saturated carbocycles. The zero-order valence-electron chi connectivity index (χ0n) is 12.8. The van der Waals surface area contributed by atoms with Crippen molar-refractivity contribution in [2.75, 3.05) is 30.8 Å². The van der Waals surface area contributed by atoms with Gasteiger partial charge in [-0.3, -0.25) is 5.32 Å². The number of amides is 2. The Kier molecular flexibility index (Phi) is 4.47. The highest BCUT2D eigenvalue weighted by Gasteiger charge is 2.18. The van der Waals surface area contributed by atoms with Crippen LogP contribution in [0.5, 0.6) is 0 Å². The Morgan fingerprint density at radius 3 is 2.87 bits per heavy atom. The number of carbonyl (C=O) groups is 1. The third-order valence-corrected chi connectivity index (χ3v) is 3.82. The van der Waals surface area contributed by atoms with Crippen molar-refractivity contribution >= 4 is 28.4 Å². The van der Waals surface area contributed by atoms with E-state index in [1.807, 2.05) is 12.1 Å². The summed E-state index contributed by atoms with van der Waals surface area (Å²) in [6, 6.07) is 6.69. The van der Waals surface area contributed by atoms with Crippen molar-refractivity contribution in [3.05, 3.63) is 34.7 Å². The van der Waals surface area contributed by atoms with E-state index in [0.29, 0.717) is 17.8 Å². The lowest BCUT2D eigenvalue weighted by atomic mass is 10.2. The van der Waals surface area contributed by atoms with E-state index in [0.717, 1.165) is 24.8 Å². The van der Waals surface area contributed by atoms with Crippen molar-refractivity contribution < 1.29 is 13.9 Å². The molecule has 2 heterocycles. The molecule has 2 aromatic rings. The average molecular weight is 317 g/mol. The van der Waals surface area contributed by atoms with Gasteiger partial charge in [0.15, 0.2) is 5.69 Å². The molecule has 0 bridgehead atoms. The summed E-state index contributed by atoms with van der Waals surface area (Å²) in [6.07, 6.45) is 1.98. The zero-order valence-corrected chi connectivity index (χ0v) is 12.8. The molecule has 0 radical (unpaired) electrons. The molecule has 7 nitrogen and oxygen atoms in total. The Labute approximate surface area is 133 Å². The van der Waals surface area contributed by atoms with Crippen LogP contribution in [-0.2, 0) is 4.74 Å². The highest BCUT2D eigenvalue weighted by atomic mass is 16.5. The summed E-state index contributed by atoms with van der Waals surface area (Å²) < 4.78 is 10.7. The van der Waals surface area contributed by atoms with Crippen molar-refractivity contribution in [1.82, 2.24) is 5.32 Å². The van der Waals surface area contributed by atoms with Gasteiger partial charge in [-0.1, -0.05) is 12.1 Å². The summed E-state index contributed by atoms with van der Waals surface area (Å²) >= 11 is 0. The number of para-hydroxylation sites is 1. The number of fused-ring (bicyclic) bond motifs is 1. The van der Waals surface area contributed by atoms with Crippen molar-refractivity contribution in [1.29, 1.82) is 0 Å². The molecule has 3 N–H and O–H groups in total. The highest BCUT2D eigenvalue weighted by molar-refractivity contribution is 6.01. The van der Waals surface area contributed by atoms with Crippen molar-refractivity contribution in [3.63, 3.8) is 0 Å². The highest BCUT2D eigenvalue weighted by Crippen LogP contribution is 2.27. The van der Waals surface area contributed by atoms with Crippen LogP contribution in [0.25, 0.3) is 11.0 Å². The fraction of sp³-hybridized carbons (Fsp3) is 0.375. The average Bonchev–Trinajstić information content (AvgIpc) is 3.07. The van der Waals surface area contributed by atoms with Crippen LogP contribution in [0.3, 0.4) is 0 Å². The lowest BCUT2D eigenvalue weighted by molar-refractivity contribution is 0.112. The molecule has 1 aromatic carbocycles. The third-order valence-electron chi connectivity index (χ3n) is 3.82. The minimum Gasteiger partial charge on any atom is -0.421 e. The van der Waals surface area contributed by atoms with E-state index in [-0.39, 0.29) is 11.8 Å². The zero-order chi connectivity index (χ0) is 16.2. The second-order valence-corrected chi connectivity index (χ2v) is 5.36. The monoisotopic (exact) mass is 317 g/mol. The van der Waals surface area contributed by atoms with Crippen molar-refractivity contribution in [3.8, 4) is 0 Å². The van der Waals surface area contributed by atoms with Crippen LogP contribution in [0, 0.1) is 0 Å². The standard InChI is InChI=1S/C16H19N3O4/c1-17-13-11-6-2-3-7-12(11)23-15(20)14(13)19-16(21)18-9-10-5-4-8-22-10/h2-3,6-7,10,17H,4-5,8-9H2,1H3,(H2,18,19,21)/t10-/m0/s1. The molecule has 1 saturated heterocycles.